The highest BCUT2D eigenvalue weighted by Crippen LogP contribution is 2.19. The first-order chi connectivity index (χ1) is 6.08. The van der Waals surface area contributed by atoms with Crippen LogP contribution in [0.4, 0.5) is 12.9 Å². The van der Waals surface area contributed by atoms with Crippen molar-refractivity contribution in [2.24, 2.45) is 0 Å². The molecule has 0 saturated heterocycles. The third-order valence-corrected chi connectivity index (χ3v) is 2.57. The van der Waals surface area contributed by atoms with E-state index in [2.05, 4.69) is 0 Å². The number of rotatable bonds is 4. The van der Waals surface area contributed by atoms with Gasteiger partial charge in [-0.25, -0.2) is 0 Å². The van der Waals surface area contributed by atoms with Crippen LogP contribution in [-0.4, -0.2) is 12.6 Å². The Kier molecular flexibility index (Phi) is 3.72. The maximum Gasteiger partial charge on any atom is 0.488 e. The quantitative estimate of drug-likeness (QED) is 0.679. The fourth-order valence-corrected chi connectivity index (χ4v) is 1.70. The van der Waals surface area contributed by atoms with Gasteiger partial charge in [0.1, 0.15) is 0 Å². The van der Waals surface area contributed by atoms with Gasteiger partial charge in [0.25, 0.3) is 0 Å². The molecule has 0 unspecified atom stereocenters. The van der Waals surface area contributed by atoms with Crippen molar-refractivity contribution in [3.05, 3.63) is 35.9 Å². The van der Waals surface area contributed by atoms with Crippen molar-refractivity contribution < 1.29 is 12.9 Å². The van der Waals surface area contributed by atoms with E-state index in [9.17, 15) is 12.9 Å². The van der Waals surface area contributed by atoms with Gasteiger partial charge in [-0.05, 0) is 11.2 Å². The number of hydrogen-bond donors (Lipinski definition) is 0. The summed E-state index contributed by atoms with van der Waals surface area (Å²) in [5.41, 5.74) is 0.224. The van der Waals surface area contributed by atoms with Gasteiger partial charge in [0.2, 0.25) is 0 Å². The normalized spacial score (nSPS) is 11.6. The SMILES string of the molecule is F[B-](F)(F)CSCc1ccccc1. The molecule has 0 N–H and O–H groups in total. The van der Waals surface area contributed by atoms with Crippen LogP contribution >= 0.6 is 11.8 Å². The first-order valence-corrected chi connectivity index (χ1v) is 5.06. The average Bonchev–Trinajstić information content (AvgIpc) is 2.04. The number of hydrogen-bond acceptors (Lipinski definition) is 1. The summed E-state index contributed by atoms with van der Waals surface area (Å²) in [5.74, 6) is 0.433. The smallest absolute Gasteiger partial charge is 0.448 e. The topological polar surface area (TPSA) is 0 Å². The van der Waals surface area contributed by atoms with E-state index in [1.165, 1.54) is 0 Å². The van der Waals surface area contributed by atoms with E-state index in [1.807, 2.05) is 30.3 Å². The Bertz CT molecular complexity index is 247. The minimum Gasteiger partial charge on any atom is -0.448 e. The van der Waals surface area contributed by atoms with E-state index < -0.39 is 12.6 Å². The van der Waals surface area contributed by atoms with E-state index in [-0.39, 0.29) is 0 Å². The monoisotopic (exact) mass is 205 g/mol. The molecule has 0 amide bonds. The molecular formula is C8H9BF3S-. The molecule has 1 aromatic carbocycles. The Morgan fingerprint density at radius 3 is 2.23 bits per heavy atom. The molecule has 0 saturated carbocycles. The van der Waals surface area contributed by atoms with E-state index in [1.54, 1.807) is 0 Å². The van der Waals surface area contributed by atoms with Crippen LogP contribution in [0.15, 0.2) is 30.3 Å². The third-order valence-electron chi connectivity index (χ3n) is 1.42. The molecule has 0 aliphatic carbocycles. The molecule has 13 heavy (non-hydrogen) atoms. The lowest BCUT2D eigenvalue weighted by Crippen LogP contribution is -2.19. The van der Waals surface area contributed by atoms with E-state index in [4.69, 9.17) is 0 Å². The van der Waals surface area contributed by atoms with Gasteiger partial charge < -0.3 is 12.9 Å². The molecule has 0 spiro atoms. The molecule has 0 aliphatic rings. The molecular weight excluding hydrogens is 196 g/mol. The van der Waals surface area contributed by atoms with Gasteiger partial charge in [-0.3, -0.25) is 0 Å². The Morgan fingerprint density at radius 1 is 1.08 bits per heavy atom. The van der Waals surface area contributed by atoms with Crippen molar-refractivity contribution in [3.63, 3.8) is 0 Å². The van der Waals surface area contributed by atoms with Crippen molar-refractivity contribution >= 4 is 18.7 Å². The fourth-order valence-electron chi connectivity index (χ4n) is 0.885. The van der Waals surface area contributed by atoms with Gasteiger partial charge in [-0.2, -0.15) is 11.8 Å². The Balaban J connectivity index is 2.29. The van der Waals surface area contributed by atoms with Crippen molar-refractivity contribution in [3.8, 4) is 0 Å². The second-order valence-electron chi connectivity index (χ2n) is 2.71. The van der Waals surface area contributed by atoms with Crippen LogP contribution in [0.3, 0.4) is 0 Å². The summed E-state index contributed by atoms with van der Waals surface area (Å²) in [7, 11) is 0. The first-order valence-electron chi connectivity index (χ1n) is 3.90. The standard InChI is InChI=1S/C8H9BF3S/c10-9(11,12)7-13-6-8-4-2-1-3-5-8/h1-5H,6-7H2/q-1. The van der Waals surface area contributed by atoms with E-state index >= 15 is 0 Å². The Morgan fingerprint density at radius 2 is 1.69 bits per heavy atom. The summed E-state index contributed by atoms with van der Waals surface area (Å²) >= 11 is 0.916. The highest BCUT2D eigenvalue weighted by atomic mass is 32.2. The summed E-state index contributed by atoms with van der Waals surface area (Å²) in [6.45, 7) is -4.64. The van der Waals surface area contributed by atoms with Gasteiger partial charge in [-0.15, -0.1) is 0 Å². The van der Waals surface area contributed by atoms with Crippen molar-refractivity contribution in [2.75, 3.05) is 5.65 Å². The molecule has 0 bridgehead atoms. The van der Waals surface area contributed by atoms with Crippen LogP contribution in [0, 0.1) is 0 Å². The number of benzene rings is 1. The summed E-state index contributed by atoms with van der Waals surface area (Å²) < 4.78 is 35.4. The zero-order chi connectivity index (χ0) is 9.73. The van der Waals surface area contributed by atoms with Gasteiger partial charge in [0.05, 0.1) is 0 Å². The van der Waals surface area contributed by atoms with Crippen LogP contribution in [0.5, 0.6) is 0 Å². The summed E-state index contributed by atoms with van der Waals surface area (Å²) in [6, 6.07) is 9.16. The first kappa shape index (κ1) is 10.5. The van der Waals surface area contributed by atoms with Crippen molar-refractivity contribution in [2.45, 2.75) is 5.75 Å². The van der Waals surface area contributed by atoms with Gasteiger partial charge in [0, 0.05) is 5.75 Å². The van der Waals surface area contributed by atoms with Crippen LogP contribution in [-0.2, 0) is 5.75 Å². The molecule has 0 atom stereocenters. The lowest BCUT2D eigenvalue weighted by atomic mass is 9.98. The molecule has 1 aromatic rings. The average molecular weight is 205 g/mol. The van der Waals surface area contributed by atoms with E-state index in [0.717, 1.165) is 17.3 Å². The zero-order valence-corrected chi connectivity index (χ0v) is 7.74. The lowest BCUT2D eigenvalue weighted by molar-refractivity contribution is 0.485. The molecule has 0 fully saturated rings. The van der Waals surface area contributed by atoms with Crippen LogP contribution < -0.4 is 0 Å². The molecule has 5 heteroatoms. The lowest BCUT2D eigenvalue weighted by Gasteiger charge is -2.12. The summed E-state index contributed by atoms with van der Waals surface area (Å²) in [6.07, 6.45) is 0. The molecule has 72 valence electrons. The predicted octanol–water partition coefficient (Wildman–Crippen LogP) is 3.31. The molecule has 0 radical (unpaired) electrons. The fraction of sp³-hybridized carbons (Fsp3) is 0.250. The second-order valence-corrected chi connectivity index (χ2v) is 3.74. The highest BCUT2D eigenvalue weighted by Gasteiger charge is 2.22. The van der Waals surface area contributed by atoms with Crippen molar-refractivity contribution in [1.29, 1.82) is 0 Å². The molecule has 0 heterocycles. The molecule has 0 nitrogen and oxygen atoms in total. The maximum atomic E-state index is 11.8. The number of halogens is 3. The van der Waals surface area contributed by atoms with Crippen molar-refractivity contribution in [1.82, 2.24) is 0 Å². The second kappa shape index (κ2) is 4.60. The third kappa shape index (κ3) is 4.88. The van der Waals surface area contributed by atoms with Crippen LogP contribution in [0.1, 0.15) is 5.56 Å². The highest BCUT2D eigenvalue weighted by molar-refractivity contribution is 7.99. The predicted molar refractivity (Wildman–Crippen MR) is 51.7 cm³/mol. The van der Waals surface area contributed by atoms with Gasteiger partial charge in [0.15, 0.2) is 0 Å². The largest absolute Gasteiger partial charge is 0.488 e. The van der Waals surface area contributed by atoms with Gasteiger partial charge >= 0.3 is 6.98 Å². The summed E-state index contributed by atoms with van der Waals surface area (Å²) in [4.78, 5) is 0. The maximum absolute atomic E-state index is 11.8. The summed E-state index contributed by atoms with van der Waals surface area (Å²) in [5, 5.41) is 0. The minimum absolute atomic E-state index is 0.433. The van der Waals surface area contributed by atoms with E-state index in [0.29, 0.717) is 5.75 Å². The Labute approximate surface area is 79.6 Å². The number of thioether (sulfide) groups is 1. The molecule has 0 aromatic heterocycles. The molecule has 1 rings (SSSR count). The van der Waals surface area contributed by atoms with Gasteiger partial charge in [-0.1, -0.05) is 30.3 Å². The van der Waals surface area contributed by atoms with Crippen LogP contribution in [0.25, 0.3) is 0 Å². The minimum atomic E-state index is -4.64. The Hall–Kier alpha value is -0.575. The zero-order valence-electron chi connectivity index (χ0n) is 6.92. The molecule has 0 aliphatic heterocycles. The van der Waals surface area contributed by atoms with Crippen LogP contribution in [0.2, 0.25) is 0 Å².